The zero-order valence-corrected chi connectivity index (χ0v) is 19.4. The van der Waals surface area contributed by atoms with Crippen molar-refractivity contribution in [1.29, 1.82) is 0 Å². The number of ether oxygens (including phenoxy) is 1. The fourth-order valence-corrected chi connectivity index (χ4v) is 4.42. The number of nitrogens with one attached hydrogen (secondary N) is 1. The number of amides is 1. The van der Waals surface area contributed by atoms with Crippen LogP contribution in [0.2, 0.25) is 0 Å². The number of thiazole rings is 1. The highest BCUT2D eigenvalue weighted by Gasteiger charge is 2.19. The number of hydrogen-bond donors (Lipinski definition) is 1. The van der Waals surface area contributed by atoms with Gasteiger partial charge in [-0.15, -0.1) is 6.58 Å². The van der Waals surface area contributed by atoms with Gasteiger partial charge in [-0.3, -0.25) is 4.79 Å². The molecule has 168 valence electrons. The zero-order chi connectivity index (χ0) is 23.2. The lowest BCUT2D eigenvalue weighted by Gasteiger charge is -2.10. The number of anilines is 1. The minimum Gasteiger partial charge on any atom is -0.494 e. The van der Waals surface area contributed by atoms with E-state index in [0.717, 1.165) is 33.1 Å². The van der Waals surface area contributed by atoms with Gasteiger partial charge < -0.3 is 19.0 Å². The number of aromatic nitrogens is 1. The highest BCUT2D eigenvalue weighted by Crippen LogP contribution is 2.32. The van der Waals surface area contributed by atoms with Crippen LogP contribution in [0.25, 0.3) is 11.3 Å². The molecule has 2 heterocycles. The Kier molecular flexibility index (Phi) is 6.90. The summed E-state index contributed by atoms with van der Waals surface area (Å²) in [5, 5.41) is 3.69. The van der Waals surface area contributed by atoms with E-state index in [0.29, 0.717) is 18.2 Å². The lowest BCUT2D eigenvalue weighted by molar-refractivity contribution is 0.0997. The van der Waals surface area contributed by atoms with Crippen LogP contribution in [0.1, 0.15) is 23.0 Å². The molecule has 0 spiro atoms. The van der Waals surface area contributed by atoms with Gasteiger partial charge in [-0.25, -0.2) is 4.99 Å². The molecule has 0 aliphatic rings. The maximum absolute atomic E-state index is 12.8. The van der Waals surface area contributed by atoms with Gasteiger partial charge in [0.2, 0.25) is 0 Å². The average molecular weight is 460 g/mol. The van der Waals surface area contributed by atoms with Crippen LogP contribution in [0.5, 0.6) is 5.75 Å². The Bertz CT molecular complexity index is 1300. The standard InChI is InChI=1S/C26H25N3O3S/c1-4-16-29-23(19-10-8-18(3)9-11-19)25(28-24(30)22-7-6-17-32-22)33-26(29)27-20-12-14-21(15-13-20)31-5-2/h4,6-15,17H,1,5,16H2,2-3H3,(H,28,30). The van der Waals surface area contributed by atoms with Crippen molar-refractivity contribution in [2.75, 3.05) is 11.9 Å². The quantitative estimate of drug-likeness (QED) is 0.320. The number of rotatable bonds is 8. The third-order valence-electron chi connectivity index (χ3n) is 4.89. The van der Waals surface area contributed by atoms with E-state index in [2.05, 4.69) is 16.5 Å². The topological polar surface area (TPSA) is 68.8 Å². The predicted octanol–water partition coefficient (Wildman–Crippen LogP) is 6.19. The van der Waals surface area contributed by atoms with Gasteiger partial charge in [-0.1, -0.05) is 47.2 Å². The highest BCUT2D eigenvalue weighted by atomic mass is 32.1. The number of allylic oxidation sites excluding steroid dienone is 1. The van der Waals surface area contributed by atoms with Crippen molar-refractivity contribution < 1.29 is 13.9 Å². The monoisotopic (exact) mass is 459 g/mol. The van der Waals surface area contributed by atoms with Crippen LogP contribution in [0.15, 0.2) is 89.0 Å². The lowest BCUT2D eigenvalue weighted by Crippen LogP contribution is -2.15. The van der Waals surface area contributed by atoms with Crippen LogP contribution in [0, 0.1) is 6.92 Å². The number of hydrogen-bond acceptors (Lipinski definition) is 5. The predicted molar refractivity (Wildman–Crippen MR) is 132 cm³/mol. The van der Waals surface area contributed by atoms with Crippen molar-refractivity contribution in [2.45, 2.75) is 20.4 Å². The normalized spacial score (nSPS) is 11.4. The van der Waals surface area contributed by atoms with Crippen molar-refractivity contribution in [1.82, 2.24) is 4.57 Å². The molecule has 0 saturated heterocycles. The number of aryl methyl sites for hydroxylation is 1. The van der Waals surface area contributed by atoms with Crippen LogP contribution >= 0.6 is 11.3 Å². The smallest absolute Gasteiger partial charge is 0.292 e. The third-order valence-corrected chi connectivity index (χ3v) is 5.88. The van der Waals surface area contributed by atoms with Gasteiger partial charge in [0.1, 0.15) is 10.8 Å². The van der Waals surface area contributed by atoms with Gasteiger partial charge in [-0.05, 0) is 50.2 Å². The Morgan fingerprint density at radius 1 is 1.18 bits per heavy atom. The van der Waals surface area contributed by atoms with Crippen molar-refractivity contribution in [3.63, 3.8) is 0 Å². The van der Waals surface area contributed by atoms with Crippen LogP contribution in [0.4, 0.5) is 10.7 Å². The summed E-state index contributed by atoms with van der Waals surface area (Å²) in [5.41, 5.74) is 3.78. The summed E-state index contributed by atoms with van der Waals surface area (Å²) in [6.45, 7) is 9.06. The summed E-state index contributed by atoms with van der Waals surface area (Å²) in [7, 11) is 0. The van der Waals surface area contributed by atoms with Crippen molar-refractivity contribution >= 4 is 27.9 Å². The molecule has 4 rings (SSSR count). The first-order valence-electron chi connectivity index (χ1n) is 10.6. The fraction of sp³-hybridized carbons (Fsp3) is 0.154. The molecule has 2 aromatic carbocycles. The SMILES string of the molecule is C=CCn1c(-c2ccc(C)cc2)c(NC(=O)c2ccco2)sc1=Nc1ccc(OCC)cc1. The number of carbonyl (C=O) groups excluding carboxylic acids is 1. The molecule has 0 aliphatic heterocycles. The summed E-state index contributed by atoms with van der Waals surface area (Å²) in [5.74, 6) is 0.736. The van der Waals surface area contributed by atoms with E-state index in [9.17, 15) is 4.79 Å². The van der Waals surface area contributed by atoms with Crippen molar-refractivity contribution in [3.05, 3.63) is 95.7 Å². The first-order valence-corrected chi connectivity index (χ1v) is 11.4. The van der Waals surface area contributed by atoms with Crippen LogP contribution in [-0.2, 0) is 6.54 Å². The highest BCUT2D eigenvalue weighted by molar-refractivity contribution is 7.14. The lowest BCUT2D eigenvalue weighted by atomic mass is 10.1. The van der Waals surface area contributed by atoms with E-state index in [1.807, 2.05) is 68.5 Å². The minimum absolute atomic E-state index is 0.249. The molecule has 0 radical (unpaired) electrons. The molecule has 33 heavy (non-hydrogen) atoms. The van der Waals surface area contributed by atoms with Gasteiger partial charge in [0.05, 0.1) is 24.3 Å². The summed E-state index contributed by atoms with van der Waals surface area (Å²) in [4.78, 5) is 18.4. The third kappa shape index (κ3) is 5.15. The molecule has 6 nitrogen and oxygen atoms in total. The molecule has 1 amide bonds. The fourth-order valence-electron chi connectivity index (χ4n) is 3.34. The summed E-state index contributed by atoms with van der Waals surface area (Å²) < 4.78 is 12.9. The number of benzene rings is 2. The molecule has 0 aliphatic carbocycles. The van der Waals surface area contributed by atoms with E-state index in [1.54, 1.807) is 12.1 Å². The Balaban J connectivity index is 1.84. The van der Waals surface area contributed by atoms with E-state index >= 15 is 0 Å². The number of nitrogens with zero attached hydrogens (tertiary/aromatic N) is 2. The molecule has 0 fully saturated rings. The molecule has 0 unspecified atom stereocenters. The molecular weight excluding hydrogens is 434 g/mol. The Labute approximate surface area is 196 Å². The molecule has 1 N–H and O–H groups in total. The minimum atomic E-state index is -0.312. The molecule has 0 bridgehead atoms. The van der Waals surface area contributed by atoms with Crippen molar-refractivity contribution in [3.8, 4) is 17.0 Å². The summed E-state index contributed by atoms with van der Waals surface area (Å²) in [6.07, 6.45) is 3.30. The molecular formula is C26H25N3O3S. The maximum Gasteiger partial charge on any atom is 0.292 e. The maximum atomic E-state index is 12.8. The van der Waals surface area contributed by atoms with E-state index in [4.69, 9.17) is 14.1 Å². The van der Waals surface area contributed by atoms with E-state index in [-0.39, 0.29) is 11.7 Å². The van der Waals surface area contributed by atoms with Crippen LogP contribution in [0.3, 0.4) is 0 Å². The Morgan fingerprint density at radius 2 is 1.94 bits per heavy atom. The Hall–Kier alpha value is -3.84. The van der Waals surface area contributed by atoms with E-state index in [1.165, 1.54) is 17.6 Å². The summed E-state index contributed by atoms with van der Waals surface area (Å²) >= 11 is 1.40. The number of furan rings is 1. The van der Waals surface area contributed by atoms with Gasteiger partial charge >= 0.3 is 0 Å². The average Bonchev–Trinajstić information content (AvgIpc) is 3.46. The van der Waals surface area contributed by atoms with Gasteiger partial charge in [0, 0.05) is 12.1 Å². The van der Waals surface area contributed by atoms with Crippen LogP contribution in [-0.4, -0.2) is 17.1 Å². The second-order valence-electron chi connectivity index (χ2n) is 7.30. The number of carbonyl (C=O) groups is 1. The molecule has 2 aromatic heterocycles. The largest absolute Gasteiger partial charge is 0.494 e. The second kappa shape index (κ2) is 10.2. The van der Waals surface area contributed by atoms with Gasteiger partial charge in [-0.2, -0.15) is 0 Å². The first-order chi connectivity index (χ1) is 16.1. The molecule has 0 atom stereocenters. The Morgan fingerprint density at radius 3 is 2.58 bits per heavy atom. The molecule has 4 aromatic rings. The van der Waals surface area contributed by atoms with Gasteiger partial charge in [0.25, 0.3) is 5.91 Å². The van der Waals surface area contributed by atoms with Crippen LogP contribution < -0.4 is 14.9 Å². The molecule has 0 saturated carbocycles. The first kappa shape index (κ1) is 22.4. The zero-order valence-electron chi connectivity index (χ0n) is 18.6. The summed E-state index contributed by atoms with van der Waals surface area (Å²) in [6, 6.07) is 19.1. The van der Waals surface area contributed by atoms with Gasteiger partial charge in [0.15, 0.2) is 10.6 Å². The van der Waals surface area contributed by atoms with Crippen molar-refractivity contribution in [2.24, 2.45) is 4.99 Å². The molecule has 7 heteroatoms. The van der Waals surface area contributed by atoms with E-state index < -0.39 is 0 Å². The second-order valence-corrected chi connectivity index (χ2v) is 8.28.